The van der Waals surface area contributed by atoms with Crippen LogP contribution in [0.3, 0.4) is 0 Å². The van der Waals surface area contributed by atoms with E-state index >= 15 is 0 Å². The van der Waals surface area contributed by atoms with Crippen LogP contribution in [0.1, 0.15) is 12.5 Å². The number of halogens is 2. The first-order valence-electron chi connectivity index (χ1n) is 7.46. The number of phenols is 1. The molecule has 0 unspecified atom stereocenters. The van der Waals surface area contributed by atoms with Crippen molar-refractivity contribution in [3.8, 4) is 11.5 Å². The lowest BCUT2D eigenvalue weighted by molar-refractivity contribution is -0.119. The molecular formula is C17H17Br2N3O3. The Kier molecular flexibility index (Phi) is 7.27. The summed E-state index contributed by atoms with van der Waals surface area (Å²) in [5, 5.41) is 16.7. The lowest BCUT2D eigenvalue weighted by Gasteiger charge is -2.07. The number of hydrogen-bond donors (Lipinski definition) is 3. The Morgan fingerprint density at radius 2 is 2.00 bits per heavy atom. The lowest BCUT2D eigenvalue weighted by atomic mass is 10.2. The average Bonchev–Trinajstić information content (AvgIpc) is 2.58. The Bertz CT molecular complexity index is 764. The fourth-order valence-electron chi connectivity index (χ4n) is 1.92. The summed E-state index contributed by atoms with van der Waals surface area (Å²) >= 11 is 6.56. The molecule has 0 aliphatic heterocycles. The molecule has 1 amide bonds. The van der Waals surface area contributed by atoms with Crippen LogP contribution < -0.4 is 15.5 Å². The zero-order valence-corrected chi connectivity index (χ0v) is 16.6. The molecule has 0 aromatic heterocycles. The molecule has 0 spiro atoms. The molecule has 0 aliphatic rings. The predicted molar refractivity (Wildman–Crippen MR) is 105 cm³/mol. The van der Waals surface area contributed by atoms with E-state index in [1.807, 2.05) is 31.2 Å². The molecule has 0 saturated carbocycles. The molecule has 0 fully saturated rings. The average molecular weight is 471 g/mol. The van der Waals surface area contributed by atoms with Crippen LogP contribution in [0.25, 0.3) is 0 Å². The van der Waals surface area contributed by atoms with Crippen LogP contribution in [0.2, 0.25) is 0 Å². The Morgan fingerprint density at radius 1 is 1.28 bits per heavy atom. The van der Waals surface area contributed by atoms with Crippen LogP contribution >= 0.6 is 31.9 Å². The van der Waals surface area contributed by atoms with Gasteiger partial charge in [-0.25, -0.2) is 5.43 Å². The van der Waals surface area contributed by atoms with Crippen molar-refractivity contribution in [2.75, 3.05) is 18.5 Å². The SMILES string of the molecule is CCOc1ccc(NCC(=O)N/N=C\c2cc(Br)cc(Br)c2O)cc1. The van der Waals surface area contributed by atoms with Crippen LogP contribution in [0, 0.1) is 0 Å². The van der Waals surface area contributed by atoms with E-state index < -0.39 is 0 Å². The fraction of sp³-hybridized carbons (Fsp3) is 0.176. The number of rotatable bonds is 7. The second-order valence-corrected chi connectivity index (χ2v) is 6.70. The summed E-state index contributed by atoms with van der Waals surface area (Å²) in [6.07, 6.45) is 1.37. The number of nitrogens with one attached hydrogen (secondary N) is 2. The normalized spacial score (nSPS) is 10.7. The van der Waals surface area contributed by atoms with Crippen LogP contribution in [0.5, 0.6) is 11.5 Å². The van der Waals surface area contributed by atoms with E-state index in [0.29, 0.717) is 16.6 Å². The molecule has 2 rings (SSSR count). The van der Waals surface area contributed by atoms with E-state index in [4.69, 9.17) is 4.74 Å². The molecule has 8 heteroatoms. The van der Waals surface area contributed by atoms with Gasteiger partial charge in [0.05, 0.1) is 23.8 Å². The summed E-state index contributed by atoms with van der Waals surface area (Å²) in [7, 11) is 0. The molecule has 25 heavy (non-hydrogen) atoms. The standard InChI is InChI=1S/C17H17Br2N3O3/c1-2-25-14-5-3-13(4-6-14)20-10-16(23)22-21-9-11-7-12(18)8-15(19)17(11)24/h3-9,20,24H,2,10H2,1H3,(H,22,23)/b21-9-. The van der Waals surface area contributed by atoms with Crippen molar-refractivity contribution in [1.82, 2.24) is 5.43 Å². The molecule has 0 saturated heterocycles. The van der Waals surface area contributed by atoms with Gasteiger partial charge in [0.25, 0.3) is 5.91 Å². The molecule has 2 aromatic rings. The van der Waals surface area contributed by atoms with Crippen molar-refractivity contribution in [2.24, 2.45) is 5.10 Å². The van der Waals surface area contributed by atoms with Crippen LogP contribution in [-0.2, 0) is 4.79 Å². The maximum absolute atomic E-state index is 11.8. The van der Waals surface area contributed by atoms with Crippen LogP contribution in [0.4, 0.5) is 5.69 Å². The Balaban J connectivity index is 1.84. The summed E-state index contributed by atoms with van der Waals surface area (Å²) in [5.74, 6) is 0.523. The molecule has 132 valence electrons. The largest absolute Gasteiger partial charge is 0.506 e. The second-order valence-electron chi connectivity index (χ2n) is 4.93. The van der Waals surface area contributed by atoms with Crippen LogP contribution in [-0.4, -0.2) is 30.4 Å². The predicted octanol–water partition coefficient (Wildman–Crippen LogP) is 3.88. The Labute approximate surface area is 162 Å². The number of phenolic OH excluding ortho intramolecular Hbond substituents is 1. The van der Waals surface area contributed by atoms with Gasteiger partial charge in [0.2, 0.25) is 0 Å². The molecule has 2 aromatic carbocycles. The number of nitrogens with zero attached hydrogens (tertiary/aromatic N) is 1. The summed E-state index contributed by atoms with van der Waals surface area (Å²) < 4.78 is 6.67. The third kappa shape index (κ3) is 6.06. The van der Waals surface area contributed by atoms with E-state index in [-0.39, 0.29) is 18.2 Å². The zero-order chi connectivity index (χ0) is 18.2. The summed E-state index contributed by atoms with van der Waals surface area (Å²) in [4.78, 5) is 11.8. The van der Waals surface area contributed by atoms with Crippen molar-refractivity contribution >= 4 is 49.7 Å². The highest BCUT2D eigenvalue weighted by atomic mass is 79.9. The minimum Gasteiger partial charge on any atom is -0.506 e. The first-order valence-corrected chi connectivity index (χ1v) is 9.05. The lowest BCUT2D eigenvalue weighted by Crippen LogP contribution is -2.25. The number of carbonyl (C=O) groups excluding carboxylic acids is 1. The fourth-order valence-corrected chi connectivity index (χ4v) is 3.17. The number of hydrogen-bond acceptors (Lipinski definition) is 5. The molecule has 0 bridgehead atoms. The Hall–Kier alpha value is -2.06. The number of amides is 1. The van der Waals surface area contributed by atoms with Crippen molar-refractivity contribution < 1.29 is 14.6 Å². The number of aromatic hydroxyl groups is 1. The molecule has 6 nitrogen and oxygen atoms in total. The summed E-state index contributed by atoms with van der Waals surface area (Å²) in [5.41, 5.74) is 3.68. The quantitative estimate of drug-likeness (QED) is 0.423. The molecule has 0 atom stereocenters. The highest BCUT2D eigenvalue weighted by Crippen LogP contribution is 2.30. The zero-order valence-electron chi connectivity index (χ0n) is 13.4. The van der Waals surface area contributed by atoms with Gasteiger partial charge in [0, 0.05) is 15.7 Å². The van der Waals surface area contributed by atoms with Crippen molar-refractivity contribution in [2.45, 2.75) is 6.92 Å². The van der Waals surface area contributed by atoms with E-state index in [1.165, 1.54) is 6.21 Å². The Morgan fingerprint density at radius 3 is 2.68 bits per heavy atom. The van der Waals surface area contributed by atoms with E-state index in [2.05, 4.69) is 47.7 Å². The minimum atomic E-state index is -0.307. The van der Waals surface area contributed by atoms with Crippen molar-refractivity contribution in [3.05, 3.63) is 50.9 Å². The van der Waals surface area contributed by atoms with Gasteiger partial charge in [-0.1, -0.05) is 15.9 Å². The maximum atomic E-state index is 11.8. The summed E-state index contributed by atoms with van der Waals surface area (Å²) in [6, 6.07) is 10.7. The smallest absolute Gasteiger partial charge is 0.259 e. The van der Waals surface area contributed by atoms with Crippen molar-refractivity contribution in [1.29, 1.82) is 0 Å². The van der Waals surface area contributed by atoms with Gasteiger partial charge in [-0.15, -0.1) is 0 Å². The third-order valence-corrected chi connectivity index (χ3v) is 4.13. The highest BCUT2D eigenvalue weighted by Gasteiger charge is 2.06. The first-order chi connectivity index (χ1) is 12.0. The van der Waals surface area contributed by atoms with E-state index in [1.54, 1.807) is 12.1 Å². The first kappa shape index (κ1) is 19.3. The van der Waals surface area contributed by atoms with Gasteiger partial charge in [-0.2, -0.15) is 5.10 Å². The number of hydrazone groups is 1. The van der Waals surface area contributed by atoms with Gasteiger partial charge < -0.3 is 15.2 Å². The highest BCUT2D eigenvalue weighted by molar-refractivity contribution is 9.11. The van der Waals surface area contributed by atoms with Gasteiger partial charge in [0.1, 0.15) is 11.5 Å². The molecule has 0 aliphatic carbocycles. The van der Waals surface area contributed by atoms with E-state index in [0.717, 1.165) is 15.9 Å². The summed E-state index contributed by atoms with van der Waals surface area (Å²) in [6.45, 7) is 2.60. The number of benzene rings is 2. The molecule has 0 radical (unpaired) electrons. The number of carbonyl (C=O) groups is 1. The van der Waals surface area contributed by atoms with Gasteiger partial charge in [-0.05, 0) is 59.3 Å². The molecule has 3 N–H and O–H groups in total. The molecular weight excluding hydrogens is 454 g/mol. The second kappa shape index (κ2) is 9.43. The molecule has 0 heterocycles. The van der Waals surface area contributed by atoms with Gasteiger partial charge in [-0.3, -0.25) is 4.79 Å². The van der Waals surface area contributed by atoms with Gasteiger partial charge in [0.15, 0.2) is 0 Å². The van der Waals surface area contributed by atoms with Gasteiger partial charge >= 0.3 is 0 Å². The van der Waals surface area contributed by atoms with Crippen LogP contribution in [0.15, 0.2) is 50.4 Å². The topological polar surface area (TPSA) is 83.0 Å². The third-order valence-electron chi connectivity index (χ3n) is 3.07. The van der Waals surface area contributed by atoms with Crippen molar-refractivity contribution in [3.63, 3.8) is 0 Å². The minimum absolute atomic E-state index is 0.0497. The number of ether oxygens (including phenoxy) is 1. The maximum Gasteiger partial charge on any atom is 0.259 e. The van der Waals surface area contributed by atoms with E-state index in [9.17, 15) is 9.90 Å². The monoisotopic (exact) mass is 469 g/mol. The number of anilines is 1.